The molecule has 1 fully saturated rings. The Hall–Kier alpha value is -3.55. The number of rotatable bonds is 5. The highest BCUT2D eigenvalue weighted by Gasteiger charge is 2.35. The molecule has 4 rings (SSSR count). The van der Waals surface area contributed by atoms with Gasteiger partial charge in [-0.25, -0.2) is 9.97 Å². The van der Waals surface area contributed by atoms with Gasteiger partial charge in [0.2, 0.25) is 5.95 Å². The summed E-state index contributed by atoms with van der Waals surface area (Å²) in [5.41, 5.74) is 4.22. The number of nitrogens with zero attached hydrogens (tertiary/aromatic N) is 5. The predicted molar refractivity (Wildman–Crippen MR) is 124 cm³/mol. The van der Waals surface area contributed by atoms with Gasteiger partial charge in [-0.15, -0.1) is 0 Å². The van der Waals surface area contributed by atoms with Crippen molar-refractivity contribution in [2.24, 2.45) is 0 Å². The van der Waals surface area contributed by atoms with Crippen LogP contribution in [0.4, 0.5) is 5.95 Å². The minimum atomic E-state index is -0.339. The first-order chi connectivity index (χ1) is 15.4. The highest BCUT2D eigenvalue weighted by molar-refractivity contribution is 5.94. The van der Waals surface area contributed by atoms with Crippen LogP contribution in [0.2, 0.25) is 0 Å². The van der Waals surface area contributed by atoms with Crippen LogP contribution in [-0.4, -0.2) is 51.4 Å². The molecule has 0 radical (unpaired) electrons. The molecule has 3 aromatic heterocycles. The van der Waals surface area contributed by atoms with E-state index in [2.05, 4.69) is 15.0 Å². The van der Waals surface area contributed by atoms with E-state index in [0.29, 0.717) is 18.9 Å². The molecular weight excluding hydrogens is 404 g/mol. The van der Waals surface area contributed by atoms with E-state index in [-0.39, 0.29) is 23.1 Å². The fourth-order valence-electron chi connectivity index (χ4n) is 4.26. The summed E-state index contributed by atoms with van der Waals surface area (Å²) in [5.74, 6) is 0.322. The lowest BCUT2D eigenvalue weighted by atomic mass is 10.00. The third kappa shape index (κ3) is 4.00. The number of carbonyl (C=O) groups is 1. The van der Waals surface area contributed by atoms with Gasteiger partial charge in [0.05, 0.1) is 11.7 Å². The Morgan fingerprint density at radius 2 is 2.03 bits per heavy atom. The second kappa shape index (κ2) is 8.90. The van der Waals surface area contributed by atoms with Gasteiger partial charge in [-0.2, -0.15) is 0 Å². The summed E-state index contributed by atoms with van der Waals surface area (Å²) in [4.78, 5) is 46.1. The van der Waals surface area contributed by atoms with Crippen LogP contribution in [0.3, 0.4) is 0 Å². The quantitative estimate of drug-likeness (QED) is 0.666. The third-order valence-electron chi connectivity index (χ3n) is 5.96. The molecule has 1 unspecified atom stereocenters. The number of aryl methyl sites for hydroxylation is 2. The molecule has 0 spiro atoms. The molecule has 1 aliphatic heterocycles. The van der Waals surface area contributed by atoms with Crippen LogP contribution in [0, 0.1) is 6.92 Å². The van der Waals surface area contributed by atoms with Crippen LogP contribution in [0.1, 0.15) is 53.1 Å². The monoisotopic (exact) mass is 432 g/mol. The Kier molecular flexibility index (Phi) is 6.03. The minimum Gasteiger partial charge on any atom is -0.347 e. The molecule has 0 aliphatic carbocycles. The van der Waals surface area contributed by atoms with E-state index in [1.165, 1.54) is 0 Å². The molecule has 166 valence electrons. The van der Waals surface area contributed by atoms with E-state index in [1.807, 2.05) is 45.0 Å². The molecule has 1 aliphatic rings. The number of likely N-dealkylation sites (tertiary alicyclic amines) is 1. The molecule has 0 aromatic carbocycles. The van der Waals surface area contributed by atoms with Crippen LogP contribution in [-0.2, 0) is 6.42 Å². The lowest BCUT2D eigenvalue weighted by Gasteiger charge is -2.27. The number of amides is 1. The summed E-state index contributed by atoms with van der Waals surface area (Å²) < 4.78 is 0. The summed E-state index contributed by atoms with van der Waals surface area (Å²) in [6.07, 6.45) is 7.60. The highest BCUT2D eigenvalue weighted by atomic mass is 16.2. The maximum Gasteiger partial charge on any atom is 0.261 e. The first-order valence-electron chi connectivity index (χ1n) is 10.9. The zero-order valence-corrected chi connectivity index (χ0v) is 18.9. The Bertz CT molecular complexity index is 1190. The van der Waals surface area contributed by atoms with Gasteiger partial charge in [0.15, 0.2) is 0 Å². The number of hydrogen-bond donors (Lipinski definition) is 1. The summed E-state index contributed by atoms with van der Waals surface area (Å²) >= 11 is 0. The molecule has 1 atom stereocenters. The Labute approximate surface area is 187 Å². The van der Waals surface area contributed by atoms with Gasteiger partial charge in [-0.05, 0) is 55.5 Å². The van der Waals surface area contributed by atoms with Crippen molar-refractivity contribution in [2.45, 2.75) is 39.2 Å². The number of aromatic nitrogens is 4. The molecule has 3 aromatic rings. The van der Waals surface area contributed by atoms with Gasteiger partial charge in [-0.3, -0.25) is 14.6 Å². The average molecular weight is 433 g/mol. The number of anilines is 1. The molecule has 8 heteroatoms. The van der Waals surface area contributed by atoms with Crippen molar-refractivity contribution in [1.29, 1.82) is 0 Å². The lowest BCUT2D eigenvalue weighted by Crippen LogP contribution is -2.35. The van der Waals surface area contributed by atoms with E-state index in [4.69, 9.17) is 4.98 Å². The van der Waals surface area contributed by atoms with Crippen LogP contribution < -0.4 is 10.5 Å². The number of aromatic amines is 1. The molecule has 8 nitrogen and oxygen atoms in total. The summed E-state index contributed by atoms with van der Waals surface area (Å²) in [5, 5.41) is 0. The largest absolute Gasteiger partial charge is 0.347 e. The zero-order valence-electron chi connectivity index (χ0n) is 18.9. The van der Waals surface area contributed by atoms with Crippen LogP contribution in [0.5, 0.6) is 0 Å². The summed E-state index contributed by atoms with van der Waals surface area (Å²) in [7, 11) is 3.78. The van der Waals surface area contributed by atoms with Crippen molar-refractivity contribution in [3.8, 4) is 11.1 Å². The smallest absolute Gasteiger partial charge is 0.261 e. The van der Waals surface area contributed by atoms with E-state index in [9.17, 15) is 9.59 Å². The van der Waals surface area contributed by atoms with Gasteiger partial charge >= 0.3 is 0 Å². The van der Waals surface area contributed by atoms with E-state index >= 15 is 0 Å². The number of nitrogens with one attached hydrogen (secondary N) is 1. The van der Waals surface area contributed by atoms with Crippen LogP contribution in [0.25, 0.3) is 11.1 Å². The second-order valence-corrected chi connectivity index (χ2v) is 8.28. The topological polar surface area (TPSA) is 95.1 Å². The normalized spacial score (nSPS) is 15.8. The van der Waals surface area contributed by atoms with Crippen molar-refractivity contribution in [1.82, 2.24) is 24.8 Å². The minimum absolute atomic E-state index is 0.180. The molecule has 4 heterocycles. The van der Waals surface area contributed by atoms with Crippen molar-refractivity contribution >= 4 is 11.9 Å². The van der Waals surface area contributed by atoms with Crippen molar-refractivity contribution in [3.05, 3.63) is 69.7 Å². The van der Waals surface area contributed by atoms with E-state index < -0.39 is 0 Å². The molecule has 32 heavy (non-hydrogen) atoms. The lowest BCUT2D eigenvalue weighted by molar-refractivity contribution is 0.0731. The van der Waals surface area contributed by atoms with Gasteiger partial charge in [0.25, 0.3) is 11.5 Å². The van der Waals surface area contributed by atoms with Gasteiger partial charge in [-0.1, -0.05) is 6.92 Å². The number of hydrogen-bond acceptors (Lipinski definition) is 6. The second-order valence-electron chi connectivity index (χ2n) is 8.28. The fraction of sp³-hybridized carbons (Fsp3) is 0.375. The summed E-state index contributed by atoms with van der Waals surface area (Å²) in [6.45, 7) is 4.48. The first kappa shape index (κ1) is 21.7. The van der Waals surface area contributed by atoms with Crippen LogP contribution >= 0.6 is 0 Å². The fourth-order valence-corrected chi connectivity index (χ4v) is 4.26. The maximum atomic E-state index is 13.5. The Morgan fingerprint density at radius 3 is 2.72 bits per heavy atom. The van der Waals surface area contributed by atoms with E-state index in [0.717, 1.165) is 40.9 Å². The molecule has 1 amide bonds. The number of H-pyrrole nitrogens is 1. The first-order valence-corrected chi connectivity index (χ1v) is 10.9. The third-order valence-corrected chi connectivity index (χ3v) is 5.96. The average Bonchev–Trinajstić information content (AvgIpc) is 3.29. The summed E-state index contributed by atoms with van der Waals surface area (Å²) in [6, 6.07) is 5.30. The molecule has 0 saturated carbocycles. The predicted octanol–water partition coefficient (Wildman–Crippen LogP) is 3.14. The molecule has 1 saturated heterocycles. The van der Waals surface area contributed by atoms with Gasteiger partial charge in [0.1, 0.15) is 5.56 Å². The molecular formula is C24H28N6O2. The molecule has 0 bridgehead atoms. The van der Waals surface area contributed by atoms with Crippen molar-refractivity contribution < 1.29 is 4.79 Å². The maximum absolute atomic E-state index is 13.5. The zero-order chi connectivity index (χ0) is 22.8. The number of carbonyl (C=O) groups excluding carboxylic acids is 1. The number of pyridine rings is 2. The van der Waals surface area contributed by atoms with E-state index in [1.54, 1.807) is 29.6 Å². The Morgan fingerprint density at radius 1 is 1.28 bits per heavy atom. The SMILES string of the molecule is CCc1[nH]c(=O)c(C(=O)N2CCCC2c2nc(N(C)C)ncc2-c2ccncc2)cc1C. The van der Waals surface area contributed by atoms with Crippen molar-refractivity contribution in [2.75, 3.05) is 25.5 Å². The van der Waals surface area contributed by atoms with Gasteiger partial charge < -0.3 is 14.8 Å². The van der Waals surface area contributed by atoms with Crippen LogP contribution in [0.15, 0.2) is 41.6 Å². The highest BCUT2D eigenvalue weighted by Crippen LogP contribution is 2.37. The van der Waals surface area contributed by atoms with Crippen molar-refractivity contribution in [3.63, 3.8) is 0 Å². The molecule has 1 N–H and O–H groups in total. The van der Waals surface area contributed by atoms with Gasteiger partial charge in [0, 0.05) is 50.5 Å². The Balaban J connectivity index is 1.78. The standard InChI is InChI=1S/C24H28N6O2/c1-5-19-15(2)13-17(22(31)27-19)23(32)30-12-6-7-20(30)21-18(16-8-10-25-11-9-16)14-26-24(28-21)29(3)4/h8-11,13-14,20H,5-7,12H2,1-4H3,(H,27,31).